The molecule has 290 valence electrons. The molecule has 0 saturated carbocycles. The normalized spacial score (nSPS) is 11.5. The summed E-state index contributed by atoms with van der Waals surface area (Å²) in [6, 6.07) is 85.5. The summed E-state index contributed by atoms with van der Waals surface area (Å²) >= 11 is 0. The van der Waals surface area contributed by atoms with E-state index in [-0.39, 0.29) is 0 Å². The molecule has 1 aromatic heterocycles. The van der Waals surface area contributed by atoms with Gasteiger partial charge in [-0.15, -0.1) is 0 Å². The number of nitrogens with zero attached hydrogens (tertiary/aromatic N) is 1. The Kier molecular flexibility index (Phi) is 8.53. The minimum absolute atomic E-state index is 0.913. The summed E-state index contributed by atoms with van der Waals surface area (Å²) in [5.74, 6) is 0. The highest BCUT2D eigenvalue weighted by Crippen LogP contribution is 2.44. The maximum Gasteiger partial charge on any atom is 0.143 e. The van der Waals surface area contributed by atoms with Crippen molar-refractivity contribution < 1.29 is 4.42 Å². The van der Waals surface area contributed by atoms with Crippen LogP contribution in [0.1, 0.15) is 0 Å². The molecule has 0 spiro atoms. The standard InChI is InChI=1S/C60H39NO/c1-2-12-46-38-47(25-22-40(46)10-1)43-28-34-51(35-29-43)61(50-32-26-42(27-33-50)41-20-23-45(24-21-41)53-17-9-13-44-11-3-4-14-52(44)53)58-18-7-5-15-54(58)48-30-36-55-49(39-48)31-37-57-56-16-6-8-19-59(56)62-60(55)57/h1-39H. The second-order valence-electron chi connectivity index (χ2n) is 16.1. The molecule has 12 rings (SSSR count). The third-order valence-corrected chi connectivity index (χ3v) is 12.5. The lowest BCUT2D eigenvalue weighted by atomic mass is 9.96. The van der Waals surface area contributed by atoms with Gasteiger partial charge in [0.2, 0.25) is 0 Å². The van der Waals surface area contributed by atoms with Gasteiger partial charge in [0.1, 0.15) is 11.2 Å². The van der Waals surface area contributed by atoms with Crippen LogP contribution >= 0.6 is 0 Å². The lowest BCUT2D eigenvalue weighted by molar-refractivity contribution is 0.672. The van der Waals surface area contributed by atoms with E-state index in [0.29, 0.717) is 0 Å². The predicted octanol–water partition coefficient (Wildman–Crippen LogP) is 17.2. The van der Waals surface area contributed by atoms with Crippen LogP contribution in [-0.2, 0) is 0 Å². The van der Waals surface area contributed by atoms with Crippen LogP contribution in [0.4, 0.5) is 17.1 Å². The molecule has 0 atom stereocenters. The van der Waals surface area contributed by atoms with E-state index in [1.165, 1.54) is 54.9 Å². The fourth-order valence-corrected chi connectivity index (χ4v) is 9.31. The van der Waals surface area contributed by atoms with E-state index in [2.05, 4.69) is 229 Å². The smallest absolute Gasteiger partial charge is 0.143 e. The van der Waals surface area contributed by atoms with Crippen LogP contribution in [0.5, 0.6) is 0 Å². The molecule has 0 unspecified atom stereocenters. The predicted molar refractivity (Wildman–Crippen MR) is 263 cm³/mol. The van der Waals surface area contributed by atoms with E-state index in [4.69, 9.17) is 4.42 Å². The van der Waals surface area contributed by atoms with Crippen LogP contribution in [0.3, 0.4) is 0 Å². The van der Waals surface area contributed by atoms with Gasteiger partial charge in [-0.05, 0) is 127 Å². The first kappa shape index (κ1) is 35.7. The van der Waals surface area contributed by atoms with Gasteiger partial charge in [-0.25, -0.2) is 0 Å². The van der Waals surface area contributed by atoms with Crippen molar-refractivity contribution in [2.24, 2.45) is 0 Å². The molecule has 0 bridgehead atoms. The Balaban J connectivity index is 0.940. The fourth-order valence-electron chi connectivity index (χ4n) is 9.31. The van der Waals surface area contributed by atoms with Gasteiger partial charge < -0.3 is 9.32 Å². The second kappa shape index (κ2) is 14.8. The van der Waals surface area contributed by atoms with Crippen molar-refractivity contribution in [3.63, 3.8) is 0 Å². The Labute approximate surface area is 360 Å². The van der Waals surface area contributed by atoms with E-state index >= 15 is 0 Å². The van der Waals surface area contributed by atoms with Gasteiger partial charge in [0.15, 0.2) is 0 Å². The van der Waals surface area contributed by atoms with Crippen LogP contribution in [0, 0.1) is 0 Å². The number of rotatable bonds is 7. The zero-order valence-electron chi connectivity index (χ0n) is 33.9. The van der Waals surface area contributed by atoms with Crippen molar-refractivity contribution in [2.45, 2.75) is 0 Å². The number of hydrogen-bond donors (Lipinski definition) is 0. The molecule has 12 aromatic rings. The largest absolute Gasteiger partial charge is 0.455 e. The third-order valence-electron chi connectivity index (χ3n) is 12.5. The molecule has 2 heteroatoms. The average molecular weight is 790 g/mol. The van der Waals surface area contributed by atoms with E-state index in [1.54, 1.807) is 0 Å². The molecule has 0 aliphatic carbocycles. The number of benzene rings is 11. The summed E-state index contributed by atoms with van der Waals surface area (Å²) < 4.78 is 6.43. The maximum atomic E-state index is 6.43. The average Bonchev–Trinajstić information content (AvgIpc) is 3.74. The summed E-state index contributed by atoms with van der Waals surface area (Å²) in [4.78, 5) is 2.39. The van der Waals surface area contributed by atoms with Gasteiger partial charge >= 0.3 is 0 Å². The molecular weight excluding hydrogens is 751 g/mol. The summed E-state index contributed by atoms with van der Waals surface area (Å²) in [6.07, 6.45) is 0. The van der Waals surface area contributed by atoms with Gasteiger partial charge in [-0.3, -0.25) is 0 Å². The van der Waals surface area contributed by atoms with Crippen LogP contribution in [-0.4, -0.2) is 0 Å². The number of hydrogen-bond acceptors (Lipinski definition) is 2. The molecule has 0 aliphatic heterocycles. The minimum atomic E-state index is 0.913. The van der Waals surface area contributed by atoms with Crippen molar-refractivity contribution in [1.82, 2.24) is 0 Å². The Bertz CT molecular complexity index is 3610. The molecular formula is C60H39NO. The van der Waals surface area contributed by atoms with Crippen molar-refractivity contribution in [3.8, 4) is 44.5 Å². The molecule has 0 saturated heterocycles. The minimum Gasteiger partial charge on any atom is -0.455 e. The lowest BCUT2D eigenvalue weighted by Crippen LogP contribution is -2.11. The molecule has 0 fully saturated rings. The summed E-state index contributed by atoms with van der Waals surface area (Å²) in [5.41, 5.74) is 14.6. The summed E-state index contributed by atoms with van der Waals surface area (Å²) in [7, 11) is 0. The van der Waals surface area contributed by atoms with Gasteiger partial charge in [0.05, 0.1) is 5.69 Å². The molecule has 0 N–H and O–H groups in total. The summed E-state index contributed by atoms with van der Waals surface area (Å²) in [6.45, 7) is 0. The van der Waals surface area contributed by atoms with Gasteiger partial charge in [-0.1, -0.05) is 176 Å². The van der Waals surface area contributed by atoms with Crippen molar-refractivity contribution in [2.75, 3.05) is 4.90 Å². The number of furan rings is 1. The van der Waals surface area contributed by atoms with Crippen LogP contribution < -0.4 is 4.90 Å². The molecule has 11 aromatic carbocycles. The maximum absolute atomic E-state index is 6.43. The monoisotopic (exact) mass is 789 g/mol. The summed E-state index contributed by atoms with van der Waals surface area (Å²) in [5, 5.41) is 9.55. The molecule has 0 amide bonds. The van der Waals surface area contributed by atoms with Gasteiger partial charge in [-0.2, -0.15) is 0 Å². The second-order valence-corrected chi connectivity index (χ2v) is 16.1. The zero-order valence-corrected chi connectivity index (χ0v) is 33.9. The molecule has 0 aliphatic rings. The Morgan fingerprint density at radius 3 is 1.58 bits per heavy atom. The Morgan fingerprint density at radius 2 is 0.790 bits per heavy atom. The van der Waals surface area contributed by atoms with Crippen molar-refractivity contribution in [1.29, 1.82) is 0 Å². The zero-order chi connectivity index (χ0) is 41.0. The first-order valence-electron chi connectivity index (χ1n) is 21.2. The topological polar surface area (TPSA) is 16.4 Å². The van der Waals surface area contributed by atoms with E-state index in [1.807, 2.05) is 12.1 Å². The third kappa shape index (κ3) is 6.20. The van der Waals surface area contributed by atoms with Gasteiger partial charge in [0, 0.05) is 33.1 Å². The molecule has 2 nitrogen and oxygen atoms in total. The molecule has 62 heavy (non-hydrogen) atoms. The highest BCUT2D eigenvalue weighted by atomic mass is 16.3. The highest BCUT2D eigenvalue weighted by Gasteiger charge is 2.19. The van der Waals surface area contributed by atoms with Crippen LogP contribution in [0.2, 0.25) is 0 Å². The lowest BCUT2D eigenvalue weighted by Gasteiger charge is -2.28. The highest BCUT2D eigenvalue weighted by molar-refractivity contribution is 6.15. The first-order chi connectivity index (χ1) is 30.7. The van der Waals surface area contributed by atoms with Crippen LogP contribution in [0.15, 0.2) is 241 Å². The van der Waals surface area contributed by atoms with E-state index < -0.39 is 0 Å². The van der Waals surface area contributed by atoms with Crippen molar-refractivity contribution >= 4 is 71.3 Å². The number of anilines is 3. The quantitative estimate of drug-likeness (QED) is 0.160. The first-order valence-corrected chi connectivity index (χ1v) is 21.2. The number of para-hydroxylation sites is 2. The van der Waals surface area contributed by atoms with Gasteiger partial charge in [0.25, 0.3) is 0 Å². The Morgan fingerprint density at radius 1 is 0.274 bits per heavy atom. The fraction of sp³-hybridized carbons (Fsp3) is 0. The van der Waals surface area contributed by atoms with E-state index in [9.17, 15) is 0 Å². The number of fused-ring (bicyclic) bond motifs is 7. The van der Waals surface area contributed by atoms with Crippen LogP contribution in [0.25, 0.3) is 98.8 Å². The van der Waals surface area contributed by atoms with E-state index in [0.717, 1.165) is 60.9 Å². The molecule has 0 radical (unpaired) electrons. The van der Waals surface area contributed by atoms with Crippen molar-refractivity contribution in [3.05, 3.63) is 237 Å². The SMILES string of the molecule is c1ccc(N(c2ccc(-c3ccc(-c4cccc5ccccc45)cc3)cc2)c2ccc(-c3ccc4ccccc4c3)cc2)c(-c2ccc3c(ccc4c5ccccc5oc34)c2)c1. The molecule has 1 heterocycles. The Hall–Kier alpha value is -8.20.